The van der Waals surface area contributed by atoms with Gasteiger partial charge in [0.1, 0.15) is 5.60 Å². The van der Waals surface area contributed by atoms with Crippen molar-refractivity contribution in [3.63, 3.8) is 0 Å². The molecule has 0 aliphatic carbocycles. The smallest absolute Gasteiger partial charge is 0.444 e. The summed E-state index contributed by atoms with van der Waals surface area (Å²) >= 11 is 0. The number of nitrogens with zero attached hydrogens (tertiary/aromatic N) is 2. The van der Waals surface area contributed by atoms with Gasteiger partial charge in [-0.2, -0.15) is 0 Å². The van der Waals surface area contributed by atoms with Gasteiger partial charge >= 0.3 is 13.2 Å². The summed E-state index contributed by atoms with van der Waals surface area (Å²) in [5, 5.41) is 0. The van der Waals surface area contributed by atoms with E-state index in [4.69, 9.17) is 14.0 Å². The Bertz CT molecular complexity index is 712. The Balaban J connectivity index is 1.52. The van der Waals surface area contributed by atoms with Crippen molar-refractivity contribution in [2.24, 2.45) is 0 Å². The fourth-order valence-corrected chi connectivity index (χ4v) is 4.55. The predicted molar refractivity (Wildman–Crippen MR) is 103 cm³/mol. The highest BCUT2D eigenvalue weighted by atomic mass is 16.7. The normalized spacial score (nSPS) is 33.0. The third-order valence-corrected chi connectivity index (χ3v) is 5.96. The van der Waals surface area contributed by atoms with E-state index in [2.05, 4.69) is 11.1 Å². The molecule has 0 N–H and O–H groups in total. The molecule has 0 spiro atoms. The van der Waals surface area contributed by atoms with E-state index in [9.17, 15) is 4.79 Å². The first kappa shape index (κ1) is 18.8. The second-order valence-electron chi connectivity index (χ2n) is 9.09. The average molecular weight is 372 g/mol. The molecule has 1 aromatic rings. The van der Waals surface area contributed by atoms with Crippen LogP contribution in [0.1, 0.15) is 65.4 Å². The van der Waals surface area contributed by atoms with Gasteiger partial charge in [-0.1, -0.05) is 6.07 Å². The van der Waals surface area contributed by atoms with Crippen LogP contribution in [-0.2, 0) is 14.0 Å². The average Bonchev–Trinajstić information content (AvgIpc) is 3.27. The van der Waals surface area contributed by atoms with E-state index in [0.29, 0.717) is 5.92 Å². The molecule has 27 heavy (non-hydrogen) atoms. The minimum Gasteiger partial charge on any atom is -0.444 e. The molecule has 4 heterocycles. The predicted octanol–water partition coefficient (Wildman–Crippen LogP) is 2.86. The van der Waals surface area contributed by atoms with Gasteiger partial charge in [-0.15, -0.1) is 0 Å². The quantitative estimate of drug-likeness (QED) is 0.748. The lowest BCUT2D eigenvalue weighted by molar-refractivity contribution is 0.0213. The van der Waals surface area contributed by atoms with E-state index in [-0.39, 0.29) is 37.5 Å². The Morgan fingerprint density at radius 2 is 1.93 bits per heavy atom. The molecule has 4 rings (SSSR count). The molecule has 3 fully saturated rings. The van der Waals surface area contributed by atoms with Gasteiger partial charge in [0, 0.05) is 35.9 Å². The van der Waals surface area contributed by atoms with Gasteiger partial charge in [-0.3, -0.25) is 4.98 Å². The Morgan fingerprint density at radius 3 is 2.59 bits per heavy atom. The first-order valence-corrected chi connectivity index (χ1v) is 10.00. The molecule has 0 saturated carbocycles. The number of aromatic nitrogens is 1. The monoisotopic (exact) mass is 372 g/mol. The summed E-state index contributed by atoms with van der Waals surface area (Å²) in [6, 6.07) is 2.59. The molecule has 5 unspecified atom stereocenters. The molecule has 146 valence electrons. The van der Waals surface area contributed by atoms with Crippen molar-refractivity contribution in [1.29, 1.82) is 0 Å². The Morgan fingerprint density at radius 1 is 1.22 bits per heavy atom. The van der Waals surface area contributed by atoms with E-state index in [1.807, 2.05) is 51.9 Å². The van der Waals surface area contributed by atoms with Crippen LogP contribution in [0.2, 0.25) is 0 Å². The van der Waals surface area contributed by atoms with Crippen molar-refractivity contribution in [2.75, 3.05) is 0 Å². The zero-order valence-electron chi connectivity index (χ0n) is 16.8. The Hall–Kier alpha value is -1.60. The second kappa shape index (κ2) is 6.78. The summed E-state index contributed by atoms with van der Waals surface area (Å²) in [6.45, 7) is 9.79. The molecular weight excluding hydrogens is 343 g/mol. The molecule has 1 aromatic heterocycles. The number of ether oxygens (including phenoxy) is 1. The standard InChI is InChI=1S/C20H29BN2O4/c1-12-13(2)27-21(26-12)15-8-14(10-22-11-15)17-9-16-6-7-18(17)23(16)19(24)25-20(3,4)5/h8,10-13,16-18H,6-7,9H2,1-5H3. The van der Waals surface area contributed by atoms with Crippen LogP contribution in [0.3, 0.4) is 0 Å². The topological polar surface area (TPSA) is 60.9 Å². The minimum absolute atomic E-state index is 0.0730. The summed E-state index contributed by atoms with van der Waals surface area (Å²) in [5.74, 6) is 0.292. The van der Waals surface area contributed by atoms with Crippen molar-refractivity contribution in [1.82, 2.24) is 9.88 Å². The summed E-state index contributed by atoms with van der Waals surface area (Å²) in [7, 11) is -0.358. The van der Waals surface area contributed by atoms with Crippen molar-refractivity contribution < 1.29 is 18.8 Å². The van der Waals surface area contributed by atoms with Crippen molar-refractivity contribution in [2.45, 2.75) is 89.7 Å². The van der Waals surface area contributed by atoms with Crippen LogP contribution in [0.5, 0.6) is 0 Å². The van der Waals surface area contributed by atoms with Gasteiger partial charge in [0.25, 0.3) is 0 Å². The lowest BCUT2D eigenvalue weighted by Gasteiger charge is -2.28. The zero-order valence-corrected chi connectivity index (χ0v) is 16.8. The molecule has 3 aliphatic rings. The van der Waals surface area contributed by atoms with E-state index < -0.39 is 5.60 Å². The van der Waals surface area contributed by atoms with Crippen molar-refractivity contribution >= 4 is 18.7 Å². The molecule has 7 heteroatoms. The van der Waals surface area contributed by atoms with Gasteiger partial charge in [-0.25, -0.2) is 4.79 Å². The molecule has 0 aromatic carbocycles. The molecule has 1 amide bonds. The van der Waals surface area contributed by atoms with E-state index in [1.54, 1.807) is 0 Å². The van der Waals surface area contributed by atoms with Crippen molar-refractivity contribution in [3.8, 4) is 0 Å². The van der Waals surface area contributed by atoms with Gasteiger partial charge < -0.3 is 18.9 Å². The first-order chi connectivity index (χ1) is 12.7. The number of carbonyl (C=O) groups excluding carboxylic acids is 1. The lowest BCUT2D eigenvalue weighted by atomic mass is 9.77. The number of fused-ring (bicyclic) bond motifs is 2. The highest BCUT2D eigenvalue weighted by molar-refractivity contribution is 6.61. The van der Waals surface area contributed by atoms with Crippen LogP contribution in [0.25, 0.3) is 0 Å². The lowest BCUT2D eigenvalue weighted by Crippen LogP contribution is -2.40. The van der Waals surface area contributed by atoms with Gasteiger partial charge in [-0.05, 0) is 59.4 Å². The van der Waals surface area contributed by atoms with Crippen molar-refractivity contribution in [3.05, 3.63) is 24.0 Å². The molecule has 3 saturated heterocycles. The maximum absolute atomic E-state index is 12.7. The highest BCUT2D eigenvalue weighted by Gasteiger charge is 2.50. The molecule has 5 atom stereocenters. The summed E-state index contributed by atoms with van der Waals surface area (Å²) in [6.07, 6.45) is 6.73. The fraction of sp³-hybridized carbons (Fsp3) is 0.700. The number of hydrogen-bond acceptors (Lipinski definition) is 5. The Labute approximate surface area is 161 Å². The highest BCUT2D eigenvalue weighted by Crippen LogP contribution is 2.47. The van der Waals surface area contributed by atoms with E-state index >= 15 is 0 Å². The summed E-state index contributed by atoms with van der Waals surface area (Å²) < 4.78 is 17.5. The third kappa shape index (κ3) is 3.59. The largest absolute Gasteiger partial charge is 0.496 e. The van der Waals surface area contributed by atoms with Crippen LogP contribution < -0.4 is 5.46 Å². The van der Waals surface area contributed by atoms with Crippen LogP contribution >= 0.6 is 0 Å². The SMILES string of the molecule is CC1OB(c2cncc(C3CC4CCC3N4C(=O)OC(C)(C)C)c2)OC1C. The number of pyridine rings is 1. The molecule has 0 radical (unpaired) electrons. The van der Waals surface area contributed by atoms with Crippen LogP contribution in [-0.4, -0.2) is 53.0 Å². The van der Waals surface area contributed by atoms with E-state index in [0.717, 1.165) is 30.3 Å². The van der Waals surface area contributed by atoms with Crippen LogP contribution in [0, 0.1) is 0 Å². The minimum atomic E-state index is -0.472. The maximum Gasteiger partial charge on any atom is 0.496 e. The van der Waals surface area contributed by atoms with Crippen LogP contribution in [0.15, 0.2) is 18.5 Å². The van der Waals surface area contributed by atoms with Gasteiger partial charge in [0.05, 0.1) is 12.2 Å². The zero-order chi connectivity index (χ0) is 19.3. The maximum atomic E-state index is 12.7. The van der Waals surface area contributed by atoms with Crippen LogP contribution in [0.4, 0.5) is 4.79 Å². The molecule has 3 aliphatic heterocycles. The first-order valence-electron chi connectivity index (χ1n) is 10.00. The molecular formula is C20H29BN2O4. The van der Waals surface area contributed by atoms with Gasteiger partial charge in [0.15, 0.2) is 0 Å². The summed E-state index contributed by atoms with van der Waals surface area (Å²) in [5.41, 5.74) is 1.64. The second-order valence-corrected chi connectivity index (χ2v) is 9.09. The molecule has 2 bridgehead atoms. The number of hydrogen-bond donors (Lipinski definition) is 0. The van der Waals surface area contributed by atoms with Gasteiger partial charge in [0.2, 0.25) is 0 Å². The summed E-state index contributed by atoms with van der Waals surface area (Å²) in [4.78, 5) is 19.1. The number of amides is 1. The Kier molecular flexibility index (Phi) is 4.71. The van der Waals surface area contributed by atoms with E-state index in [1.165, 1.54) is 0 Å². The number of carbonyl (C=O) groups is 1. The fourth-order valence-electron chi connectivity index (χ4n) is 4.55. The molecule has 6 nitrogen and oxygen atoms in total. The number of rotatable bonds is 2. The third-order valence-electron chi connectivity index (χ3n) is 5.96.